The van der Waals surface area contributed by atoms with Crippen molar-refractivity contribution in [2.24, 2.45) is 5.41 Å². The van der Waals surface area contributed by atoms with Crippen LogP contribution in [0.2, 0.25) is 0 Å². The molecule has 21 heavy (non-hydrogen) atoms. The minimum Gasteiger partial charge on any atom is -0.481 e. The van der Waals surface area contributed by atoms with Gasteiger partial charge in [-0.3, -0.25) is 4.79 Å². The van der Waals surface area contributed by atoms with Gasteiger partial charge in [0.25, 0.3) is 5.91 Å². The normalized spacial score (nSPS) is 14.1. The Kier molecular flexibility index (Phi) is 5.35. The van der Waals surface area contributed by atoms with Crippen LogP contribution in [0.5, 0.6) is 5.75 Å². The smallest absolute Gasteiger partial charge is 0.326 e. The predicted molar refractivity (Wildman–Crippen MR) is 80.3 cm³/mol. The third kappa shape index (κ3) is 5.10. The van der Waals surface area contributed by atoms with Gasteiger partial charge in [0.1, 0.15) is 11.8 Å². The lowest BCUT2D eigenvalue weighted by Crippen LogP contribution is -2.52. The van der Waals surface area contributed by atoms with E-state index in [4.69, 9.17) is 4.74 Å². The van der Waals surface area contributed by atoms with Crippen molar-refractivity contribution in [3.05, 3.63) is 29.8 Å². The van der Waals surface area contributed by atoms with Crippen molar-refractivity contribution in [2.75, 3.05) is 0 Å². The van der Waals surface area contributed by atoms with Crippen LogP contribution < -0.4 is 10.1 Å². The van der Waals surface area contributed by atoms with Crippen LogP contribution in [-0.2, 0) is 9.59 Å². The van der Waals surface area contributed by atoms with E-state index < -0.39 is 29.4 Å². The Balaban J connectivity index is 2.72. The van der Waals surface area contributed by atoms with Crippen molar-refractivity contribution in [3.63, 3.8) is 0 Å². The lowest BCUT2D eigenvalue weighted by Gasteiger charge is -2.28. The topological polar surface area (TPSA) is 75.6 Å². The molecule has 116 valence electrons. The summed E-state index contributed by atoms with van der Waals surface area (Å²) in [6.07, 6.45) is -0.768. The fourth-order valence-electron chi connectivity index (χ4n) is 1.85. The van der Waals surface area contributed by atoms with Gasteiger partial charge in [-0.1, -0.05) is 32.9 Å². The molecule has 0 radical (unpaired) electrons. The summed E-state index contributed by atoms with van der Waals surface area (Å²) < 4.78 is 5.55. The highest BCUT2D eigenvalue weighted by molar-refractivity contribution is 5.86. The first-order chi connectivity index (χ1) is 9.61. The number of nitrogens with one attached hydrogen (secondary N) is 1. The average Bonchev–Trinajstić information content (AvgIpc) is 2.33. The first-order valence-electron chi connectivity index (χ1n) is 6.88. The second kappa shape index (κ2) is 6.61. The second-order valence-electron chi connectivity index (χ2n) is 6.22. The lowest BCUT2D eigenvalue weighted by atomic mass is 9.86. The molecule has 0 saturated heterocycles. The highest BCUT2D eigenvalue weighted by atomic mass is 16.5. The van der Waals surface area contributed by atoms with Crippen LogP contribution in [0.1, 0.15) is 33.3 Å². The molecule has 1 aromatic carbocycles. The number of aliphatic carboxylic acids is 1. The highest BCUT2D eigenvalue weighted by Gasteiger charge is 2.33. The lowest BCUT2D eigenvalue weighted by molar-refractivity contribution is -0.146. The number of ether oxygens (including phenoxy) is 1. The van der Waals surface area contributed by atoms with Crippen molar-refractivity contribution in [1.29, 1.82) is 0 Å². The number of carbonyl (C=O) groups is 2. The molecule has 0 saturated carbocycles. The molecule has 0 heterocycles. The molecule has 1 amide bonds. The van der Waals surface area contributed by atoms with Gasteiger partial charge in [-0.2, -0.15) is 0 Å². The molecule has 0 aliphatic carbocycles. The van der Waals surface area contributed by atoms with Gasteiger partial charge in [0.05, 0.1) is 0 Å². The summed E-state index contributed by atoms with van der Waals surface area (Å²) >= 11 is 0. The Morgan fingerprint density at radius 2 is 1.90 bits per heavy atom. The summed E-state index contributed by atoms with van der Waals surface area (Å²) in [4.78, 5) is 23.3. The summed E-state index contributed by atoms with van der Waals surface area (Å²) in [6, 6.07) is 6.38. The monoisotopic (exact) mass is 293 g/mol. The number of carboxylic acid groups (broad SMARTS) is 1. The van der Waals surface area contributed by atoms with Crippen molar-refractivity contribution in [3.8, 4) is 5.75 Å². The number of rotatable bonds is 5. The zero-order valence-electron chi connectivity index (χ0n) is 13.1. The van der Waals surface area contributed by atoms with Crippen LogP contribution in [0.4, 0.5) is 0 Å². The van der Waals surface area contributed by atoms with Crippen LogP contribution in [0, 0.1) is 12.3 Å². The molecule has 2 atom stereocenters. The molecule has 0 aliphatic heterocycles. The average molecular weight is 293 g/mol. The van der Waals surface area contributed by atoms with Gasteiger partial charge in [-0.25, -0.2) is 4.79 Å². The summed E-state index contributed by atoms with van der Waals surface area (Å²) in [5, 5.41) is 11.7. The largest absolute Gasteiger partial charge is 0.481 e. The molecule has 0 aliphatic rings. The minimum absolute atomic E-state index is 0.446. The minimum atomic E-state index is -1.06. The molecule has 0 spiro atoms. The summed E-state index contributed by atoms with van der Waals surface area (Å²) in [7, 11) is 0. The van der Waals surface area contributed by atoms with Gasteiger partial charge in [-0.05, 0) is 37.0 Å². The van der Waals surface area contributed by atoms with Gasteiger partial charge in [-0.15, -0.1) is 0 Å². The zero-order chi connectivity index (χ0) is 16.2. The molecular weight excluding hydrogens is 270 g/mol. The van der Waals surface area contributed by atoms with E-state index in [1.54, 1.807) is 33.8 Å². The maximum Gasteiger partial charge on any atom is 0.326 e. The Bertz CT molecular complexity index is 519. The van der Waals surface area contributed by atoms with Gasteiger partial charge >= 0.3 is 5.97 Å². The van der Waals surface area contributed by atoms with E-state index in [9.17, 15) is 14.7 Å². The van der Waals surface area contributed by atoms with E-state index in [1.807, 2.05) is 25.1 Å². The SMILES string of the molecule is Cc1cccc(OC(C)C(=O)N[C@H](C(=O)O)C(C)(C)C)c1. The third-order valence-corrected chi connectivity index (χ3v) is 3.07. The number of hydrogen-bond donors (Lipinski definition) is 2. The quantitative estimate of drug-likeness (QED) is 0.874. The van der Waals surface area contributed by atoms with Gasteiger partial charge < -0.3 is 15.2 Å². The van der Waals surface area contributed by atoms with Gasteiger partial charge in [0.15, 0.2) is 6.10 Å². The summed E-state index contributed by atoms with van der Waals surface area (Å²) in [6.45, 7) is 8.81. The van der Waals surface area contributed by atoms with Crippen LogP contribution in [0.3, 0.4) is 0 Å². The highest BCUT2D eigenvalue weighted by Crippen LogP contribution is 2.20. The third-order valence-electron chi connectivity index (χ3n) is 3.07. The number of aryl methyl sites for hydroxylation is 1. The molecule has 2 N–H and O–H groups in total. The number of amides is 1. The molecule has 0 bridgehead atoms. The number of hydrogen-bond acceptors (Lipinski definition) is 3. The van der Waals surface area contributed by atoms with Gasteiger partial charge in [0.2, 0.25) is 0 Å². The number of benzene rings is 1. The van der Waals surface area contributed by atoms with E-state index in [0.29, 0.717) is 5.75 Å². The summed E-state index contributed by atoms with van der Waals surface area (Å²) in [5.74, 6) is -0.919. The van der Waals surface area contributed by atoms with E-state index in [2.05, 4.69) is 5.32 Å². The fraction of sp³-hybridized carbons (Fsp3) is 0.500. The predicted octanol–water partition coefficient (Wildman–Crippen LogP) is 2.38. The molecule has 5 heteroatoms. The zero-order valence-corrected chi connectivity index (χ0v) is 13.1. The molecule has 1 rings (SSSR count). The second-order valence-corrected chi connectivity index (χ2v) is 6.22. The molecule has 1 unspecified atom stereocenters. The number of carboxylic acids is 1. The van der Waals surface area contributed by atoms with Crippen molar-refractivity contribution >= 4 is 11.9 Å². The Labute approximate surface area is 125 Å². The first-order valence-corrected chi connectivity index (χ1v) is 6.88. The van der Waals surface area contributed by atoms with Crippen LogP contribution in [0.15, 0.2) is 24.3 Å². The standard InChI is InChI=1S/C16H23NO4/c1-10-7-6-8-12(9-10)21-11(2)14(18)17-13(15(19)20)16(3,4)5/h6-9,11,13H,1-5H3,(H,17,18)(H,19,20)/t11?,13-/m1/s1. The Hall–Kier alpha value is -2.04. The van der Waals surface area contributed by atoms with E-state index in [0.717, 1.165) is 5.56 Å². The Morgan fingerprint density at radius 3 is 2.38 bits per heavy atom. The van der Waals surface area contributed by atoms with Crippen LogP contribution >= 0.6 is 0 Å². The van der Waals surface area contributed by atoms with Gasteiger partial charge in [0, 0.05) is 0 Å². The van der Waals surface area contributed by atoms with E-state index in [-0.39, 0.29) is 0 Å². The first kappa shape index (κ1) is 17.0. The molecule has 5 nitrogen and oxygen atoms in total. The van der Waals surface area contributed by atoms with Crippen molar-refractivity contribution in [1.82, 2.24) is 5.32 Å². The summed E-state index contributed by atoms with van der Waals surface area (Å²) in [5.41, 5.74) is 0.447. The Morgan fingerprint density at radius 1 is 1.29 bits per heavy atom. The maximum absolute atomic E-state index is 12.1. The van der Waals surface area contributed by atoms with Crippen molar-refractivity contribution in [2.45, 2.75) is 46.8 Å². The molecule has 1 aromatic rings. The molecule has 0 fully saturated rings. The van der Waals surface area contributed by atoms with Crippen LogP contribution in [-0.4, -0.2) is 29.1 Å². The van der Waals surface area contributed by atoms with Crippen molar-refractivity contribution < 1.29 is 19.4 Å². The van der Waals surface area contributed by atoms with E-state index >= 15 is 0 Å². The fourth-order valence-corrected chi connectivity index (χ4v) is 1.85. The molecular formula is C16H23NO4. The maximum atomic E-state index is 12.1. The van der Waals surface area contributed by atoms with Crippen LogP contribution in [0.25, 0.3) is 0 Å². The number of carbonyl (C=O) groups excluding carboxylic acids is 1. The molecule has 0 aromatic heterocycles. The van der Waals surface area contributed by atoms with E-state index in [1.165, 1.54) is 0 Å².